The molecule has 0 radical (unpaired) electrons. The first-order valence-corrected chi connectivity index (χ1v) is 11.5. The van der Waals surface area contributed by atoms with E-state index in [-0.39, 0.29) is 53.4 Å². The second-order valence-electron chi connectivity index (χ2n) is 11.0. The van der Waals surface area contributed by atoms with E-state index in [2.05, 4.69) is 20.8 Å². The van der Waals surface area contributed by atoms with Crippen molar-refractivity contribution in [2.45, 2.75) is 97.2 Å². The van der Waals surface area contributed by atoms with Crippen LogP contribution in [0.25, 0.3) is 0 Å². The largest absolute Gasteiger partial charge is 0.481 e. The molecular formula is C24H40O4. The van der Waals surface area contributed by atoms with Crippen molar-refractivity contribution in [1.82, 2.24) is 0 Å². The third kappa shape index (κ3) is 3.14. The monoisotopic (exact) mass is 394 g/mol. The van der Waals surface area contributed by atoms with E-state index < -0.39 is 17.9 Å². The Kier molecular flexibility index (Phi) is 4.72. The third-order valence-electron chi connectivity index (χ3n) is 9.71. The van der Waals surface area contributed by atoms with Crippen molar-refractivity contribution in [3.05, 3.63) is 0 Å². The van der Waals surface area contributed by atoms with Crippen LogP contribution in [0.2, 0.25) is 0 Å². The Hall–Kier alpha value is -0.610. The predicted molar refractivity (Wildman–Crippen MR) is 109 cm³/mol. The van der Waals surface area contributed by atoms with Crippen LogP contribution >= 0.6 is 0 Å². The molecular weight excluding hydrogens is 352 g/mol. The molecule has 28 heavy (non-hydrogen) atoms. The summed E-state index contributed by atoms with van der Waals surface area (Å²) in [6.07, 6.45) is 4.89. The molecule has 4 aliphatic rings. The highest BCUT2D eigenvalue weighted by atomic mass is 16.4. The highest BCUT2D eigenvalue weighted by molar-refractivity contribution is 5.66. The summed E-state index contributed by atoms with van der Waals surface area (Å²) in [7, 11) is 0. The van der Waals surface area contributed by atoms with Gasteiger partial charge in [-0.1, -0.05) is 20.8 Å². The van der Waals surface area contributed by atoms with E-state index >= 15 is 0 Å². The summed E-state index contributed by atoms with van der Waals surface area (Å²) in [6.45, 7) is 6.67. The standard InChI is InChI=1S/C24H40O4/c1-14(4-7-21(27)28)17-5-6-18-22-19(9-11-24(17,18)3)23(2)10-8-16(25)12-15(23)13-20(22)26/h14-20,22,25-26H,4-13H2,1-3H3,(H,27,28)/t14?,15-,16+,17+,18-,19?,20?,22+,23?,24?/m0/s1/i20D,22D. The smallest absolute Gasteiger partial charge is 0.303 e. The zero-order valence-electron chi connectivity index (χ0n) is 19.8. The molecule has 0 aromatic heterocycles. The van der Waals surface area contributed by atoms with Crippen LogP contribution in [0.15, 0.2) is 0 Å². The SMILES string of the molecule is [2H]C1(O)C[C@@H]2C[C@H](O)CCC2(C)C2CCC3(C)[C@@H](C(C)CCC(=O)O)CC[C@H]3[C@]21[2H]. The van der Waals surface area contributed by atoms with Gasteiger partial charge in [0, 0.05) is 7.79 Å². The molecule has 4 nitrogen and oxygen atoms in total. The van der Waals surface area contributed by atoms with E-state index in [1.54, 1.807) is 0 Å². The molecule has 0 heterocycles. The van der Waals surface area contributed by atoms with Gasteiger partial charge in [0.25, 0.3) is 0 Å². The lowest BCUT2D eigenvalue weighted by atomic mass is 9.43. The Bertz CT molecular complexity index is 699. The summed E-state index contributed by atoms with van der Waals surface area (Å²) in [4.78, 5) is 11.1. The Morgan fingerprint density at radius 1 is 1.07 bits per heavy atom. The lowest BCUT2D eigenvalue weighted by molar-refractivity contribution is -0.174. The molecule has 4 rings (SSSR count). The molecule has 0 spiro atoms. The quantitative estimate of drug-likeness (QED) is 0.657. The predicted octanol–water partition coefficient (Wildman–Crippen LogP) is 4.48. The number of rotatable bonds is 4. The normalized spacial score (nSPS) is 58.0. The third-order valence-corrected chi connectivity index (χ3v) is 9.71. The molecule has 0 saturated heterocycles. The van der Waals surface area contributed by atoms with E-state index in [0.29, 0.717) is 18.8 Å². The topological polar surface area (TPSA) is 77.8 Å². The molecule has 160 valence electrons. The Labute approximate surface area is 172 Å². The van der Waals surface area contributed by atoms with Crippen molar-refractivity contribution in [3.8, 4) is 0 Å². The van der Waals surface area contributed by atoms with Crippen LogP contribution in [-0.4, -0.2) is 33.5 Å². The van der Waals surface area contributed by atoms with Crippen molar-refractivity contribution in [2.24, 2.45) is 46.3 Å². The van der Waals surface area contributed by atoms with E-state index in [0.717, 1.165) is 38.5 Å². The summed E-state index contributed by atoms with van der Waals surface area (Å²) in [5.74, 6) is -1.30. The van der Waals surface area contributed by atoms with Gasteiger partial charge < -0.3 is 15.3 Å². The van der Waals surface area contributed by atoms with E-state index in [9.17, 15) is 16.4 Å². The fraction of sp³-hybridized carbons (Fsp3) is 0.958. The van der Waals surface area contributed by atoms with Crippen LogP contribution in [0.1, 0.15) is 87.7 Å². The van der Waals surface area contributed by atoms with Crippen LogP contribution in [0, 0.1) is 46.3 Å². The van der Waals surface area contributed by atoms with E-state index in [1.165, 1.54) is 0 Å². The van der Waals surface area contributed by atoms with Gasteiger partial charge in [0.1, 0.15) is 0 Å². The van der Waals surface area contributed by atoms with Gasteiger partial charge in [0.05, 0.1) is 13.6 Å². The molecule has 4 aliphatic carbocycles. The minimum absolute atomic E-state index is 0.0232. The second kappa shape index (κ2) is 7.27. The maximum Gasteiger partial charge on any atom is 0.303 e. The first-order valence-electron chi connectivity index (χ1n) is 12.5. The molecule has 3 N–H and O–H groups in total. The van der Waals surface area contributed by atoms with Gasteiger partial charge in [0.15, 0.2) is 0 Å². The molecule has 0 aromatic rings. The molecule has 0 bridgehead atoms. The summed E-state index contributed by atoms with van der Waals surface area (Å²) in [6, 6.07) is 0. The van der Waals surface area contributed by atoms with E-state index in [1.807, 2.05) is 0 Å². The van der Waals surface area contributed by atoms with Crippen LogP contribution in [-0.2, 0) is 4.79 Å². The molecule has 0 aromatic carbocycles. The Balaban J connectivity index is 1.67. The maximum absolute atomic E-state index is 11.5. The van der Waals surface area contributed by atoms with Crippen LogP contribution in [0.5, 0.6) is 0 Å². The fourth-order valence-corrected chi connectivity index (χ4v) is 8.09. The van der Waals surface area contributed by atoms with Crippen molar-refractivity contribution >= 4 is 5.97 Å². The van der Waals surface area contributed by atoms with Gasteiger partial charge in [-0.15, -0.1) is 0 Å². The molecule has 4 fully saturated rings. The van der Waals surface area contributed by atoms with Crippen molar-refractivity contribution in [1.29, 1.82) is 0 Å². The van der Waals surface area contributed by atoms with Crippen molar-refractivity contribution < 1.29 is 22.9 Å². The zero-order chi connectivity index (χ0) is 22.1. The number of aliphatic hydroxyl groups excluding tert-OH is 1. The van der Waals surface area contributed by atoms with Crippen molar-refractivity contribution in [2.75, 3.05) is 0 Å². The highest BCUT2D eigenvalue weighted by Crippen LogP contribution is 2.68. The van der Waals surface area contributed by atoms with Crippen LogP contribution in [0.3, 0.4) is 0 Å². The van der Waals surface area contributed by atoms with Gasteiger partial charge >= 0.3 is 5.97 Å². The lowest BCUT2D eigenvalue weighted by Gasteiger charge is -2.62. The number of hydrogen-bond acceptors (Lipinski definition) is 3. The summed E-state index contributed by atoms with van der Waals surface area (Å²) in [5.41, 5.74) is -0.217. The summed E-state index contributed by atoms with van der Waals surface area (Å²) >= 11 is 0. The minimum atomic E-state index is -1.80. The summed E-state index contributed by atoms with van der Waals surface area (Å²) in [5, 5.41) is 30.8. The van der Waals surface area contributed by atoms with Gasteiger partial charge in [0.2, 0.25) is 0 Å². The lowest BCUT2D eigenvalue weighted by Crippen LogP contribution is -2.58. The van der Waals surface area contributed by atoms with Gasteiger partial charge in [-0.2, -0.15) is 0 Å². The molecule has 4 heteroatoms. The molecule has 5 unspecified atom stereocenters. The second-order valence-corrected chi connectivity index (χ2v) is 11.0. The first-order chi connectivity index (χ1) is 13.9. The average Bonchev–Trinajstić information content (AvgIpc) is 3.00. The average molecular weight is 395 g/mol. The fourth-order valence-electron chi connectivity index (χ4n) is 8.09. The van der Waals surface area contributed by atoms with Crippen LogP contribution in [0.4, 0.5) is 0 Å². The summed E-state index contributed by atoms with van der Waals surface area (Å²) < 4.78 is 18.7. The zero-order valence-corrected chi connectivity index (χ0v) is 17.8. The molecule has 0 amide bonds. The van der Waals surface area contributed by atoms with Crippen LogP contribution < -0.4 is 0 Å². The first kappa shape index (κ1) is 18.2. The number of carbonyl (C=O) groups is 1. The number of hydrogen-bond donors (Lipinski definition) is 3. The Morgan fingerprint density at radius 2 is 1.75 bits per heavy atom. The Morgan fingerprint density at radius 3 is 2.46 bits per heavy atom. The van der Waals surface area contributed by atoms with E-state index in [4.69, 9.17) is 6.48 Å². The number of carboxylic acid groups (broad SMARTS) is 1. The van der Waals surface area contributed by atoms with Gasteiger partial charge in [-0.25, -0.2) is 0 Å². The highest BCUT2D eigenvalue weighted by Gasteiger charge is 2.62. The molecule has 10 atom stereocenters. The minimum Gasteiger partial charge on any atom is -0.481 e. The molecule has 4 saturated carbocycles. The number of carboxylic acids is 1. The van der Waals surface area contributed by atoms with Gasteiger partial charge in [-0.05, 0) is 104 Å². The maximum atomic E-state index is 11.5. The number of fused-ring (bicyclic) bond motifs is 5. The number of aliphatic hydroxyl groups is 2. The molecule has 0 aliphatic heterocycles. The van der Waals surface area contributed by atoms with Gasteiger partial charge in [-0.3, -0.25) is 4.79 Å². The number of aliphatic carboxylic acids is 1. The van der Waals surface area contributed by atoms with Crippen molar-refractivity contribution in [3.63, 3.8) is 0 Å².